The van der Waals surface area contributed by atoms with Gasteiger partial charge >= 0.3 is 0 Å². The third-order valence-electron chi connectivity index (χ3n) is 5.02. The van der Waals surface area contributed by atoms with E-state index in [2.05, 4.69) is 5.32 Å². The lowest BCUT2D eigenvalue weighted by molar-refractivity contribution is -0.126. The fourth-order valence-electron chi connectivity index (χ4n) is 3.70. The highest BCUT2D eigenvalue weighted by atomic mass is 35.5. The molecule has 1 spiro atoms. The number of aryl methyl sites for hydroxylation is 1. The van der Waals surface area contributed by atoms with Gasteiger partial charge in [0.25, 0.3) is 0 Å². The van der Waals surface area contributed by atoms with Gasteiger partial charge in [0.1, 0.15) is 5.92 Å². The fourth-order valence-corrected chi connectivity index (χ4v) is 3.93. The number of ketones is 1. The molecule has 0 radical (unpaired) electrons. The number of hydrogen-bond acceptors (Lipinski definition) is 3. The predicted molar refractivity (Wildman–Crippen MR) is 84.1 cm³/mol. The van der Waals surface area contributed by atoms with E-state index in [1.807, 2.05) is 6.92 Å². The van der Waals surface area contributed by atoms with Crippen LogP contribution >= 0.6 is 11.6 Å². The van der Waals surface area contributed by atoms with Gasteiger partial charge in [-0.1, -0.05) is 17.7 Å². The summed E-state index contributed by atoms with van der Waals surface area (Å²) in [6.45, 7) is 1.88. The molecule has 1 saturated carbocycles. The first-order valence-electron chi connectivity index (χ1n) is 7.62. The van der Waals surface area contributed by atoms with Crippen LogP contribution in [-0.4, -0.2) is 30.4 Å². The Labute approximate surface area is 135 Å². The van der Waals surface area contributed by atoms with Crippen LogP contribution in [0, 0.1) is 6.92 Å². The number of amides is 1. The normalized spacial score (nSPS) is 31.6. The van der Waals surface area contributed by atoms with Crippen molar-refractivity contribution in [2.75, 3.05) is 7.11 Å². The second-order valence-corrected chi connectivity index (χ2v) is 6.74. The Kier molecular flexibility index (Phi) is 4.00. The van der Waals surface area contributed by atoms with Gasteiger partial charge in [0.05, 0.1) is 11.6 Å². The van der Waals surface area contributed by atoms with Crippen molar-refractivity contribution in [2.45, 2.75) is 50.2 Å². The molecule has 22 heavy (non-hydrogen) atoms. The highest BCUT2D eigenvalue weighted by Crippen LogP contribution is 2.40. The Bertz CT molecular complexity index is 620. The monoisotopic (exact) mass is 321 g/mol. The minimum Gasteiger partial charge on any atom is -0.381 e. The number of hydrogen-bond donors (Lipinski definition) is 1. The van der Waals surface area contributed by atoms with Crippen molar-refractivity contribution < 1.29 is 14.3 Å². The van der Waals surface area contributed by atoms with Gasteiger partial charge in [-0.05, 0) is 55.9 Å². The molecule has 1 aromatic carbocycles. The number of carbonyl (C=O) groups is 2. The zero-order valence-electron chi connectivity index (χ0n) is 12.8. The Hall–Kier alpha value is -1.39. The summed E-state index contributed by atoms with van der Waals surface area (Å²) in [5.74, 6) is -0.903. The topological polar surface area (TPSA) is 55.4 Å². The summed E-state index contributed by atoms with van der Waals surface area (Å²) in [6.07, 6.45) is 3.09. The van der Waals surface area contributed by atoms with Gasteiger partial charge in [-0.3, -0.25) is 9.59 Å². The van der Waals surface area contributed by atoms with Crippen molar-refractivity contribution in [3.05, 3.63) is 34.3 Å². The number of methoxy groups -OCH3 is 1. The van der Waals surface area contributed by atoms with Crippen molar-refractivity contribution in [3.8, 4) is 0 Å². The zero-order valence-corrected chi connectivity index (χ0v) is 13.6. The summed E-state index contributed by atoms with van der Waals surface area (Å²) >= 11 is 5.97. The molecule has 3 rings (SSSR count). The van der Waals surface area contributed by atoms with Crippen molar-refractivity contribution >= 4 is 23.3 Å². The largest absolute Gasteiger partial charge is 0.381 e. The number of carbonyl (C=O) groups excluding carboxylic acids is 2. The maximum absolute atomic E-state index is 13.0. The van der Waals surface area contributed by atoms with Gasteiger partial charge in [-0.2, -0.15) is 0 Å². The lowest BCUT2D eigenvalue weighted by Crippen LogP contribution is -2.50. The maximum atomic E-state index is 13.0. The van der Waals surface area contributed by atoms with E-state index in [4.69, 9.17) is 16.3 Å². The Morgan fingerprint density at radius 1 is 1.27 bits per heavy atom. The lowest BCUT2D eigenvalue weighted by Gasteiger charge is -2.35. The number of halogens is 1. The van der Waals surface area contributed by atoms with Gasteiger partial charge in [-0.25, -0.2) is 0 Å². The molecule has 1 atom stereocenters. The van der Waals surface area contributed by atoms with Crippen LogP contribution in [0.15, 0.2) is 18.2 Å². The highest BCUT2D eigenvalue weighted by molar-refractivity contribution is 6.30. The van der Waals surface area contributed by atoms with Gasteiger partial charge in [0.2, 0.25) is 5.91 Å². The van der Waals surface area contributed by atoms with Crippen LogP contribution in [0.2, 0.25) is 5.02 Å². The summed E-state index contributed by atoms with van der Waals surface area (Å²) in [5.41, 5.74) is 0.935. The average Bonchev–Trinajstić information content (AvgIpc) is 2.72. The van der Waals surface area contributed by atoms with E-state index in [9.17, 15) is 9.59 Å². The van der Waals surface area contributed by atoms with E-state index in [1.54, 1.807) is 25.3 Å². The standard InChI is InChI=1S/C17H20ClNO3/c1-10-9-11(18)3-4-13(10)14-15(20)17(19-16(14)21)7-5-12(22-2)6-8-17/h3-4,9,12,14H,5-8H2,1-2H3,(H,19,21). The molecule has 5 heteroatoms. The second kappa shape index (κ2) is 5.67. The zero-order chi connectivity index (χ0) is 15.9. The van der Waals surface area contributed by atoms with Crippen LogP contribution in [0.4, 0.5) is 0 Å². The summed E-state index contributed by atoms with van der Waals surface area (Å²) in [6, 6.07) is 5.32. The smallest absolute Gasteiger partial charge is 0.235 e. The molecule has 0 aromatic heterocycles. The average molecular weight is 322 g/mol. The van der Waals surface area contributed by atoms with Crippen molar-refractivity contribution in [1.29, 1.82) is 0 Å². The molecule has 118 valence electrons. The van der Waals surface area contributed by atoms with E-state index in [1.165, 1.54) is 0 Å². The molecule has 0 bridgehead atoms. The molecule has 1 aliphatic heterocycles. The summed E-state index contributed by atoms with van der Waals surface area (Å²) in [7, 11) is 1.69. The van der Waals surface area contributed by atoms with Gasteiger partial charge in [0, 0.05) is 12.1 Å². The summed E-state index contributed by atoms with van der Waals surface area (Å²) in [5, 5.41) is 3.59. The number of nitrogens with one attached hydrogen (secondary N) is 1. The fraction of sp³-hybridized carbons (Fsp3) is 0.529. The van der Waals surface area contributed by atoms with Crippen LogP contribution in [-0.2, 0) is 14.3 Å². The number of Topliss-reactive ketones (excluding diaryl/α,β-unsaturated/α-hetero) is 1. The molecule has 1 N–H and O–H groups in total. The molecule has 1 heterocycles. The first-order chi connectivity index (χ1) is 10.5. The predicted octanol–water partition coefficient (Wildman–Crippen LogP) is 2.76. The molecule has 4 nitrogen and oxygen atoms in total. The molecule has 1 amide bonds. The van der Waals surface area contributed by atoms with Gasteiger partial charge in [0.15, 0.2) is 5.78 Å². The molecular weight excluding hydrogens is 302 g/mol. The maximum Gasteiger partial charge on any atom is 0.235 e. The first-order valence-corrected chi connectivity index (χ1v) is 8.00. The summed E-state index contributed by atoms with van der Waals surface area (Å²) in [4.78, 5) is 25.4. The Morgan fingerprint density at radius 2 is 1.95 bits per heavy atom. The number of ether oxygens (including phenoxy) is 1. The highest BCUT2D eigenvalue weighted by Gasteiger charge is 2.54. The van der Waals surface area contributed by atoms with Crippen LogP contribution in [0.1, 0.15) is 42.7 Å². The number of rotatable bonds is 2. The second-order valence-electron chi connectivity index (χ2n) is 6.30. The van der Waals surface area contributed by atoms with Gasteiger partial charge in [-0.15, -0.1) is 0 Å². The van der Waals surface area contributed by atoms with Crippen LogP contribution < -0.4 is 5.32 Å². The Morgan fingerprint density at radius 3 is 2.55 bits per heavy atom. The van der Waals surface area contributed by atoms with Gasteiger partial charge < -0.3 is 10.1 Å². The summed E-state index contributed by atoms with van der Waals surface area (Å²) < 4.78 is 5.36. The lowest BCUT2D eigenvalue weighted by atomic mass is 9.75. The Balaban J connectivity index is 1.89. The molecule has 2 aliphatic rings. The van der Waals surface area contributed by atoms with E-state index < -0.39 is 11.5 Å². The molecular formula is C17H20ClNO3. The quantitative estimate of drug-likeness (QED) is 0.852. The third-order valence-corrected chi connectivity index (χ3v) is 5.26. The van der Waals surface area contributed by atoms with Crippen molar-refractivity contribution in [1.82, 2.24) is 5.32 Å². The molecule has 2 fully saturated rings. The van der Waals surface area contributed by atoms with E-state index in [-0.39, 0.29) is 17.8 Å². The number of benzene rings is 1. The minimum atomic E-state index is -0.712. The van der Waals surface area contributed by atoms with Crippen molar-refractivity contribution in [3.63, 3.8) is 0 Å². The van der Waals surface area contributed by atoms with Crippen molar-refractivity contribution in [2.24, 2.45) is 0 Å². The minimum absolute atomic E-state index is 0.00234. The van der Waals surface area contributed by atoms with Crippen LogP contribution in [0.25, 0.3) is 0 Å². The third kappa shape index (κ3) is 2.44. The molecule has 1 aliphatic carbocycles. The van der Waals surface area contributed by atoms with E-state index in [0.717, 1.165) is 24.0 Å². The van der Waals surface area contributed by atoms with E-state index >= 15 is 0 Å². The van der Waals surface area contributed by atoms with Crippen LogP contribution in [0.5, 0.6) is 0 Å². The van der Waals surface area contributed by atoms with E-state index in [0.29, 0.717) is 17.9 Å². The van der Waals surface area contributed by atoms with Crippen LogP contribution in [0.3, 0.4) is 0 Å². The molecule has 1 aromatic rings. The molecule has 1 saturated heterocycles. The first kappa shape index (κ1) is 15.5. The SMILES string of the molecule is COC1CCC2(CC1)NC(=O)C(c1ccc(Cl)cc1C)C2=O. The molecule has 1 unspecified atom stereocenters.